The molecule has 0 heterocycles. The summed E-state index contributed by atoms with van der Waals surface area (Å²) in [5.74, 6) is 0. The van der Waals surface area contributed by atoms with E-state index in [9.17, 15) is 0 Å². The van der Waals surface area contributed by atoms with Crippen molar-refractivity contribution in [1.29, 1.82) is 0 Å². The summed E-state index contributed by atoms with van der Waals surface area (Å²) in [4.78, 5) is 2.31. The fraction of sp³-hybridized carbons (Fsp3) is 0.364. The van der Waals surface area contributed by atoms with Crippen LogP contribution in [-0.4, -0.2) is 18.5 Å². The highest BCUT2D eigenvalue weighted by Gasteiger charge is 1.99. The molecule has 70 valence electrons. The van der Waals surface area contributed by atoms with E-state index in [0.29, 0.717) is 0 Å². The van der Waals surface area contributed by atoms with Gasteiger partial charge in [-0.2, -0.15) is 0 Å². The van der Waals surface area contributed by atoms with Gasteiger partial charge in [0, 0.05) is 24.1 Å². The molecule has 1 rings (SSSR count). The number of hydrogen-bond acceptors (Lipinski definition) is 2. The minimum atomic E-state index is 1.05. The first-order chi connectivity index (χ1) is 6.31. The van der Waals surface area contributed by atoms with E-state index in [1.165, 1.54) is 5.69 Å². The van der Waals surface area contributed by atoms with E-state index in [1.807, 2.05) is 0 Å². The summed E-state index contributed by atoms with van der Waals surface area (Å²) in [5, 5.41) is 1.70. The van der Waals surface area contributed by atoms with Gasteiger partial charge < -0.3 is 4.90 Å². The van der Waals surface area contributed by atoms with Crippen molar-refractivity contribution < 1.29 is 0 Å². The standard InChI is InChI=1S/C11H15NS/c1-3-12(4-2)11-7-5-10(9-13)6-8-11/h5-9H,3-4H2,1-2H3. The molecule has 0 saturated carbocycles. The second kappa shape index (κ2) is 4.97. The molecule has 1 aromatic rings. The number of hydrogen-bond donors (Lipinski definition) is 0. The van der Waals surface area contributed by atoms with Crippen molar-refractivity contribution in [2.24, 2.45) is 0 Å². The average Bonchev–Trinajstić information content (AvgIpc) is 2.21. The molecule has 0 atom stereocenters. The van der Waals surface area contributed by atoms with E-state index in [0.717, 1.165) is 18.7 Å². The van der Waals surface area contributed by atoms with Crippen LogP contribution >= 0.6 is 12.2 Å². The Morgan fingerprint density at radius 2 is 1.69 bits per heavy atom. The van der Waals surface area contributed by atoms with Crippen LogP contribution in [0.3, 0.4) is 0 Å². The summed E-state index contributed by atoms with van der Waals surface area (Å²) in [5.41, 5.74) is 2.37. The van der Waals surface area contributed by atoms with Gasteiger partial charge in [0.25, 0.3) is 0 Å². The van der Waals surface area contributed by atoms with Gasteiger partial charge in [-0.25, -0.2) is 0 Å². The third kappa shape index (κ3) is 2.52. The summed E-state index contributed by atoms with van der Waals surface area (Å²) in [6.07, 6.45) is 0. The second-order valence-electron chi connectivity index (χ2n) is 2.88. The lowest BCUT2D eigenvalue weighted by molar-refractivity contribution is 0.866. The quantitative estimate of drug-likeness (QED) is 0.676. The van der Waals surface area contributed by atoms with E-state index >= 15 is 0 Å². The van der Waals surface area contributed by atoms with Gasteiger partial charge in [-0.3, -0.25) is 0 Å². The molecule has 0 bridgehead atoms. The van der Waals surface area contributed by atoms with Gasteiger partial charge in [-0.1, -0.05) is 24.4 Å². The first kappa shape index (κ1) is 10.2. The van der Waals surface area contributed by atoms with E-state index < -0.39 is 0 Å². The van der Waals surface area contributed by atoms with E-state index in [1.54, 1.807) is 5.37 Å². The highest BCUT2D eigenvalue weighted by atomic mass is 32.1. The van der Waals surface area contributed by atoms with Crippen LogP contribution in [-0.2, 0) is 0 Å². The van der Waals surface area contributed by atoms with Gasteiger partial charge in [-0.15, -0.1) is 0 Å². The van der Waals surface area contributed by atoms with Crippen LogP contribution in [0.2, 0.25) is 0 Å². The summed E-state index contributed by atoms with van der Waals surface area (Å²) < 4.78 is 0. The summed E-state index contributed by atoms with van der Waals surface area (Å²) in [6.45, 7) is 6.42. The minimum Gasteiger partial charge on any atom is -0.372 e. The van der Waals surface area contributed by atoms with Crippen molar-refractivity contribution in [2.75, 3.05) is 18.0 Å². The zero-order valence-electron chi connectivity index (χ0n) is 8.16. The van der Waals surface area contributed by atoms with E-state index in [2.05, 4.69) is 43.0 Å². The predicted octanol–water partition coefficient (Wildman–Crippen LogP) is 2.88. The topological polar surface area (TPSA) is 3.24 Å². The largest absolute Gasteiger partial charge is 0.372 e. The van der Waals surface area contributed by atoms with Crippen molar-refractivity contribution in [1.82, 2.24) is 0 Å². The first-order valence-corrected chi connectivity index (χ1v) is 5.09. The van der Waals surface area contributed by atoms with Gasteiger partial charge in [0.2, 0.25) is 0 Å². The average molecular weight is 193 g/mol. The Labute approximate surface area is 85.4 Å². The maximum atomic E-state index is 4.85. The number of benzene rings is 1. The number of thiocarbonyl (C=S) groups is 1. The minimum absolute atomic E-state index is 1.05. The van der Waals surface area contributed by atoms with Gasteiger partial charge >= 0.3 is 0 Å². The Hall–Kier alpha value is -0.890. The van der Waals surface area contributed by atoms with Crippen molar-refractivity contribution in [2.45, 2.75) is 13.8 Å². The van der Waals surface area contributed by atoms with Crippen molar-refractivity contribution in [3.8, 4) is 0 Å². The molecular formula is C11H15NS. The molecule has 2 heteroatoms. The van der Waals surface area contributed by atoms with Crippen LogP contribution in [0.1, 0.15) is 19.4 Å². The lowest BCUT2D eigenvalue weighted by atomic mass is 10.2. The second-order valence-corrected chi connectivity index (χ2v) is 3.12. The molecule has 1 aromatic carbocycles. The maximum Gasteiger partial charge on any atom is 0.0366 e. The van der Waals surface area contributed by atoms with E-state index in [4.69, 9.17) is 12.2 Å². The Kier molecular flexibility index (Phi) is 3.90. The third-order valence-corrected chi connectivity index (χ3v) is 2.43. The molecule has 0 unspecified atom stereocenters. The molecule has 0 amide bonds. The van der Waals surface area contributed by atoms with Crippen molar-refractivity contribution in [3.63, 3.8) is 0 Å². The Morgan fingerprint density at radius 3 is 2.08 bits per heavy atom. The Balaban J connectivity index is 2.83. The van der Waals surface area contributed by atoms with Crippen LogP contribution in [0, 0.1) is 0 Å². The smallest absolute Gasteiger partial charge is 0.0366 e. The van der Waals surface area contributed by atoms with Crippen LogP contribution in [0.4, 0.5) is 5.69 Å². The van der Waals surface area contributed by atoms with Gasteiger partial charge in [-0.05, 0) is 31.5 Å². The number of anilines is 1. The normalized spacial score (nSPS) is 9.69. The van der Waals surface area contributed by atoms with Gasteiger partial charge in [0.1, 0.15) is 0 Å². The number of nitrogens with zero attached hydrogens (tertiary/aromatic N) is 1. The molecule has 1 nitrogen and oxygen atoms in total. The Morgan fingerprint density at radius 1 is 1.15 bits per heavy atom. The fourth-order valence-electron chi connectivity index (χ4n) is 1.35. The molecule has 0 aliphatic rings. The molecule has 0 aliphatic carbocycles. The Bertz CT molecular complexity index is 262. The lowest BCUT2D eigenvalue weighted by Gasteiger charge is -2.20. The summed E-state index contributed by atoms with van der Waals surface area (Å²) in [7, 11) is 0. The SMILES string of the molecule is CCN(CC)c1ccc(C=S)cc1. The van der Waals surface area contributed by atoms with E-state index in [-0.39, 0.29) is 0 Å². The molecule has 0 fully saturated rings. The zero-order chi connectivity index (χ0) is 9.68. The molecule has 13 heavy (non-hydrogen) atoms. The van der Waals surface area contributed by atoms with Crippen LogP contribution in [0.25, 0.3) is 0 Å². The first-order valence-electron chi connectivity index (χ1n) is 4.62. The predicted molar refractivity (Wildman–Crippen MR) is 62.8 cm³/mol. The van der Waals surface area contributed by atoms with Gasteiger partial charge in [0.15, 0.2) is 0 Å². The van der Waals surface area contributed by atoms with Crippen LogP contribution < -0.4 is 4.90 Å². The molecule has 0 aliphatic heterocycles. The molecule has 0 spiro atoms. The highest BCUT2D eigenvalue weighted by molar-refractivity contribution is 7.79. The molecule has 0 aromatic heterocycles. The molecule has 0 radical (unpaired) electrons. The van der Waals surface area contributed by atoms with Crippen LogP contribution in [0.15, 0.2) is 24.3 Å². The summed E-state index contributed by atoms with van der Waals surface area (Å²) in [6, 6.07) is 8.34. The van der Waals surface area contributed by atoms with Crippen molar-refractivity contribution >= 4 is 23.3 Å². The zero-order valence-corrected chi connectivity index (χ0v) is 8.97. The molecular weight excluding hydrogens is 178 g/mol. The van der Waals surface area contributed by atoms with Crippen molar-refractivity contribution in [3.05, 3.63) is 29.8 Å². The molecule has 0 N–H and O–H groups in total. The van der Waals surface area contributed by atoms with Gasteiger partial charge in [0.05, 0.1) is 0 Å². The number of rotatable bonds is 4. The maximum absolute atomic E-state index is 4.85. The lowest BCUT2D eigenvalue weighted by Crippen LogP contribution is -2.21. The highest BCUT2D eigenvalue weighted by Crippen LogP contribution is 2.13. The van der Waals surface area contributed by atoms with Crippen LogP contribution in [0.5, 0.6) is 0 Å². The fourth-order valence-corrected chi connectivity index (χ4v) is 1.51. The molecule has 0 saturated heterocycles. The monoisotopic (exact) mass is 193 g/mol. The third-order valence-electron chi connectivity index (χ3n) is 2.16. The summed E-state index contributed by atoms with van der Waals surface area (Å²) >= 11 is 4.85.